The summed E-state index contributed by atoms with van der Waals surface area (Å²) in [5.74, 6) is 0.848. The summed E-state index contributed by atoms with van der Waals surface area (Å²) in [5.41, 5.74) is 2.40. The molecule has 1 N–H and O–H groups in total. The van der Waals surface area contributed by atoms with Gasteiger partial charge in [0, 0.05) is 52.2 Å². The monoisotopic (exact) mass is 384 g/mol. The minimum absolute atomic E-state index is 0.237. The maximum atomic E-state index is 11.8. The average Bonchev–Trinajstić information content (AvgIpc) is 3.22. The lowest BCUT2D eigenvalue weighted by molar-refractivity contribution is 0.0914. The van der Waals surface area contributed by atoms with Gasteiger partial charge in [-0.15, -0.1) is 0 Å². The van der Waals surface area contributed by atoms with Crippen molar-refractivity contribution in [3.63, 3.8) is 0 Å². The van der Waals surface area contributed by atoms with Crippen LogP contribution in [0.4, 0.5) is 4.79 Å². The van der Waals surface area contributed by atoms with Gasteiger partial charge in [-0.25, -0.2) is 4.79 Å². The first-order chi connectivity index (χ1) is 13.7. The van der Waals surface area contributed by atoms with E-state index in [9.17, 15) is 4.79 Å². The molecule has 1 aromatic heterocycles. The van der Waals surface area contributed by atoms with Crippen molar-refractivity contribution in [2.45, 2.75) is 20.0 Å². The first-order valence-electron chi connectivity index (χ1n) is 9.62. The molecule has 3 rings (SSSR count). The molecule has 0 unspecified atom stereocenters. The van der Waals surface area contributed by atoms with E-state index in [1.807, 2.05) is 23.9 Å². The average molecular weight is 384 g/mol. The number of aromatic nitrogens is 2. The molecule has 1 amide bonds. The van der Waals surface area contributed by atoms with Crippen LogP contribution in [0, 0.1) is 0 Å². The van der Waals surface area contributed by atoms with E-state index in [0.717, 1.165) is 25.6 Å². The van der Waals surface area contributed by atoms with Gasteiger partial charge in [-0.1, -0.05) is 24.3 Å². The molecule has 0 atom stereocenters. The van der Waals surface area contributed by atoms with Gasteiger partial charge in [0.2, 0.25) is 0 Å². The van der Waals surface area contributed by atoms with Gasteiger partial charge in [0.25, 0.3) is 0 Å². The minimum atomic E-state index is -0.237. The number of nitrogens with one attached hydrogen (secondary N) is 1. The molecule has 1 fully saturated rings. The Kier molecular flexibility index (Phi) is 6.89. The number of piperazine rings is 1. The highest BCUT2D eigenvalue weighted by Crippen LogP contribution is 2.08. The van der Waals surface area contributed by atoms with Crippen LogP contribution in [0.15, 0.2) is 47.7 Å². The van der Waals surface area contributed by atoms with Crippen molar-refractivity contribution in [3.8, 4) is 0 Å². The predicted octanol–water partition coefficient (Wildman–Crippen LogP) is 1.78. The van der Waals surface area contributed by atoms with Gasteiger partial charge in [-0.05, 0) is 24.1 Å². The van der Waals surface area contributed by atoms with Crippen molar-refractivity contribution in [2.24, 2.45) is 4.99 Å². The Balaban J connectivity index is 1.51. The molecule has 0 saturated carbocycles. The number of nitrogens with zero attached hydrogens (tertiary/aromatic N) is 5. The summed E-state index contributed by atoms with van der Waals surface area (Å²) in [6.07, 6.45) is 3.51. The van der Waals surface area contributed by atoms with Gasteiger partial charge in [-0.2, -0.15) is 5.10 Å². The number of hydrogen-bond acceptors (Lipinski definition) is 4. The molecule has 8 nitrogen and oxygen atoms in total. The fraction of sp³-hybridized carbons (Fsp3) is 0.450. The van der Waals surface area contributed by atoms with E-state index in [1.165, 1.54) is 11.1 Å². The summed E-state index contributed by atoms with van der Waals surface area (Å²) in [6.45, 7) is 6.42. The number of carbonyl (C=O) groups excluding carboxylic acids is 1. The second kappa shape index (κ2) is 9.77. The Hall–Kier alpha value is -3.03. The van der Waals surface area contributed by atoms with Crippen molar-refractivity contribution < 1.29 is 9.53 Å². The summed E-state index contributed by atoms with van der Waals surface area (Å²) in [6, 6.07) is 10.4. The maximum Gasteiger partial charge on any atom is 0.409 e. The molecule has 1 aromatic carbocycles. The van der Waals surface area contributed by atoms with E-state index in [4.69, 9.17) is 4.74 Å². The van der Waals surface area contributed by atoms with Crippen LogP contribution >= 0.6 is 0 Å². The molecule has 1 aliphatic rings. The van der Waals surface area contributed by atoms with Crippen molar-refractivity contribution in [3.05, 3.63) is 53.9 Å². The van der Waals surface area contributed by atoms with Crippen molar-refractivity contribution in [1.29, 1.82) is 0 Å². The third kappa shape index (κ3) is 5.25. The van der Waals surface area contributed by atoms with Crippen LogP contribution < -0.4 is 5.32 Å². The molecule has 28 heavy (non-hydrogen) atoms. The second-order valence-corrected chi connectivity index (χ2v) is 6.60. The first kappa shape index (κ1) is 19.7. The first-order valence-corrected chi connectivity index (χ1v) is 9.62. The van der Waals surface area contributed by atoms with Crippen LogP contribution in [0.5, 0.6) is 0 Å². The number of hydrogen-bond donors (Lipinski definition) is 1. The zero-order valence-electron chi connectivity index (χ0n) is 16.5. The molecular weight excluding hydrogens is 356 g/mol. The SMILES string of the molecule is CCOC(=O)N1CCN(C(=NC)NCc2cccc(Cn3cccn3)c2)CC1. The van der Waals surface area contributed by atoms with Crippen LogP contribution in [-0.4, -0.2) is 71.5 Å². The molecule has 150 valence electrons. The molecule has 1 aliphatic heterocycles. The fourth-order valence-corrected chi connectivity index (χ4v) is 3.25. The van der Waals surface area contributed by atoms with Gasteiger partial charge < -0.3 is 19.9 Å². The number of aliphatic imine (C=N–C) groups is 1. The van der Waals surface area contributed by atoms with Crippen LogP contribution in [0.2, 0.25) is 0 Å². The normalized spacial score (nSPS) is 14.9. The van der Waals surface area contributed by atoms with E-state index in [2.05, 4.69) is 44.6 Å². The zero-order chi connectivity index (χ0) is 19.8. The lowest BCUT2D eigenvalue weighted by Gasteiger charge is -2.35. The Bertz CT molecular complexity index is 782. The van der Waals surface area contributed by atoms with E-state index >= 15 is 0 Å². The van der Waals surface area contributed by atoms with E-state index in [0.29, 0.717) is 26.2 Å². The Labute approximate surface area is 165 Å². The number of amides is 1. The highest BCUT2D eigenvalue weighted by Gasteiger charge is 2.23. The maximum absolute atomic E-state index is 11.8. The number of benzene rings is 1. The van der Waals surface area contributed by atoms with Crippen molar-refractivity contribution >= 4 is 12.1 Å². The van der Waals surface area contributed by atoms with Crippen LogP contribution in [0.3, 0.4) is 0 Å². The number of carbonyl (C=O) groups is 1. The van der Waals surface area contributed by atoms with Crippen molar-refractivity contribution in [2.75, 3.05) is 39.8 Å². The highest BCUT2D eigenvalue weighted by molar-refractivity contribution is 5.80. The molecule has 0 radical (unpaired) electrons. The Morgan fingerprint density at radius 2 is 1.93 bits per heavy atom. The largest absolute Gasteiger partial charge is 0.450 e. The van der Waals surface area contributed by atoms with Crippen LogP contribution in [0.1, 0.15) is 18.1 Å². The lowest BCUT2D eigenvalue weighted by Crippen LogP contribution is -2.53. The highest BCUT2D eigenvalue weighted by atomic mass is 16.6. The summed E-state index contributed by atoms with van der Waals surface area (Å²) in [4.78, 5) is 20.1. The van der Waals surface area contributed by atoms with Crippen LogP contribution in [0.25, 0.3) is 0 Å². The van der Waals surface area contributed by atoms with Gasteiger partial charge in [0.05, 0.1) is 13.2 Å². The number of guanidine groups is 1. The lowest BCUT2D eigenvalue weighted by atomic mass is 10.1. The topological polar surface area (TPSA) is 75.0 Å². The molecule has 8 heteroatoms. The van der Waals surface area contributed by atoms with Crippen molar-refractivity contribution in [1.82, 2.24) is 24.9 Å². The third-order valence-electron chi connectivity index (χ3n) is 4.66. The van der Waals surface area contributed by atoms with Gasteiger partial charge >= 0.3 is 6.09 Å². The summed E-state index contributed by atoms with van der Waals surface area (Å²) >= 11 is 0. The quantitative estimate of drug-likeness (QED) is 0.628. The van der Waals surface area contributed by atoms with E-state index < -0.39 is 0 Å². The summed E-state index contributed by atoms with van der Waals surface area (Å²) in [5, 5.41) is 7.69. The summed E-state index contributed by atoms with van der Waals surface area (Å²) in [7, 11) is 1.79. The number of rotatable bonds is 5. The fourth-order valence-electron chi connectivity index (χ4n) is 3.25. The molecule has 0 aliphatic carbocycles. The Morgan fingerprint density at radius 1 is 1.18 bits per heavy atom. The van der Waals surface area contributed by atoms with Gasteiger partial charge in [-0.3, -0.25) is 9.67 Å². The molecule has 2 heterocycles. The molecule has 2 aromatic rings. The molecule has 0 bridgehead atoms. The van der Waals surface area contributed by atoms with Gasteiger partial charge in [0.1, 0.15) is 0 Å². The zero-order valence-corrected chi connectivity index (χ0v) is 16.5. The minimum Gasteiger partial charge on any atom is -0.450 e. The third-order valence-corrected chi connectivity index (χ3v) is 4.66. The second-order valence-electron chi connectivity index (χ2n) is 6.60. The molecular formula is C20H28N6O2. The smallest absolute Gasteiger partial charge is 0.409 e. The van der Waals surface area contributed by atoms with Gasteiger partial charge in [0.15, 0.2) is 5.96 Å². The predicted molar refractivity (Wildman–Crippen MR) is 108 cm³/mol. The number of ether oxygens (including phenoxy) is 1. The van der Waals surface area contributed by atoms with E-state index in [1.54, 1.807) is 18.1 Å². The standard InChI is InChI=1S/C20H28N6O2/c1-3-28-20(27)25-12-10-24(11-13-25)19(21-2)22-15-17-6-4-7-18(14-17)16-26-9-5-8-23-26/h4-9,14H,3,10-13,15-16H2,1-2H3,(H,21,22). The van der Waals surface area contributed by atoms with E-state index in [-0.39, 0.29) is 6.09 Å². The summed E-state index contributed by atoms with van der Waals surface area (Å²) < 4.78 is 6.98. The molecule has 0 spiro atoms. The Morgan fingerprint density at radius 3 is 2.61 bits per heavy atom. The molecule has 1 saturated heterocycles. The van der Waals surface area contributed by atoms with Crippen LogP contribution in [-0.2, 0) is 17.8 Å².